The van der Waals surface area contributed by atoms with Crippen molar-refractivity contribution in [2.75, 3.05) is 9.80 Å². The van der Waals surface area contributed by atoms with Crippen LogP contribution in [-0.2, 0) is 10.8 Å². The van der Waals surface area contributed by atoms with Crippen molar-refractivity contribution in [3.8, 4) is 11.1 Å². The molecule has 0 amide bonds. The van der Waals surface area contributed by atoms with Crippen molar-refractivity contribution < 1.29 is 0 Å². The molecule has 52 heavy (non-hydrogen) atoms. The number of anilines is 6. The van der Waals surface area contributed by atoms with Crippen LogP contribution in [0.3, 0.4) is 0 Å². The Morgan fingerprint density at radius 1 is 0.404 bits per heavy atom. The summed E-state index contributed by atoms with van der Waals surface area (Å²) in [5.41, 5.74) is 14.9. The van der Waals surface area contributed by atoms with Gasteiger partial charge in [-0.1, -0.05) is 143 Å². The van der Waals surface area contributed by atoms with E-state index in [9.17, 15) is 0 Å². The highest BCUT2D eigenvalue weighted by Crippen LogP contribution is 2.57. The van der Waals surface area contributed by atoms with Crippen LogP contribution in [-0.4, -0.2) is 0 Å². The molecule has 8 rings (SSSR count). The molecule has 0 unspecified atom stereocenters. The summed E-state index contributed by atoms with van der Waals surface area (Å²) in [5, 5.41) is 0. The van der Waals surface area contributed by atoms with Gasteiger partial charge in [-0.3, -0.25) is 0 Å². The summed E-state index contributed by atoms with van der Waals surface area (Å²) >= 11 is 0. The molecule has 0 spiro atoms. The lowest BCUT2D eigenvalue weighted by Crippen LogP contribution is -2.23. The number of fused-ring (bicyclic) bond motifs is 3. The molecule has 0 saturated carbocycles. The van der Waals surface area contributed by atoms with Crippen molar-refractivity contribution in [2.45, 2.75) is 51.4 Å². The van der Waals surface area contributed by atoms with Crippen LogP contribution in [0.4, 0.5) is 34.1 Å². The Labute approximate surface area is 309 Å². The fourth-order valence-corrected chi connectivity index (χ4v) is 8.51. The fourth-order valence-electron chi connectivity index (χ4n) is 8.51. The van der Waals surface area contributed by atoms with E-state index in [4.69, 9.17) is 0 Å². The van der Waals surface area contributed by atoms with Crippen LogP contribution in [0.25, 0.3) is 11.1 Å². The Balaban J connectivity index is 1.16. The zero-order valence-electron chi connectivity index (χ0n) is 30.6. The minimum absolute atomic E-state index is 0.0208. The highest BCUT2D eigenvalue weighted by atomic mass is 15.1. The average Bonchev–Trinajstić information content (AvgIpc) is 3.50. The largest absolute Gasteiger partial charge is 0.311 e. The first-order valence-electron chi connectivity index (χ1n) is 18.7. The third kappa shape index (κ3) is 5.60. The van der Waals surface area contributed by atoms with Crippen LogP contribution in [0.2, 0.25) is 0 Å². The van der Waals surface area contributed by atoms with E-state index in [1.54, 1.807) is 0 Å². The van der Waals surface area contributed by atoms with Gasteiger partial charge in [0, 0.05) is 44.8 Å². The molecular formula is C50H46N2. The van der Waals surface area contributed by atoms with Crippen LogP contribution in [0, 0.1) is 0 Å². The minimum atomic E-state index is -0.201. The molecule has 1 aliphatic carbocycles. The normalized spacial score (nSPS) is 12.9. The summed E-state index contributed by atoms with van der Waals surface area (Å²) < 4.78 is 0. The van der Waals surface area contributed by atoms with E-state index in [-0.39, 0.29) is 10.8 Å². The zero-order valence-corrected chi connectivity index (χ0v) is 30.6. The molecule has 0 fully saturated rings. The molecule has 7 aromatic carbocycles. The standard InChI is InChI=1S/C50H46N2/c1-5-50(6-2)45-26-17-16-25-44(45)48-46(50)27-18-28-47(48)52(41-23-14-9-15-24-41)43-35-31-38(32-36-43)49(3,4)37-29-33-42(34-30-37)51(39-19-10-7-11-20-39)40-21-12-8-13-22-40/h7-36H,5-6H2,1-4H3. The summed E-state index contributed by atoms with van der Waals surface area (Å²) in [4.78, 5) is 4.76. The van der Waals surface area contributed by atoms with Gasteiger partial charge in [-0.05, 0) is 107 Å². The van der Waals surface area contributed by atoms with Crippen LogP contribution < -0.4 is 9.80 Å². The van der Waals surface area contributed by atoms with Crippen molar-refractivity contribution in [3.63, 3.8) is 0 Å². The second-order valence-corrected chi connectivity index (χ2v) is 14.4. The first kappa shape index (κ1) is 33.3. The molecule has 0 heterocycles. The van der Waals surface area contributed by atoms with E-state index in [0.717, 1.165) is 41.3 Å². The van der Waals surface area contributed by atoms with Gasteiger partial charge in [-0.2, -0.15) is 0 Å². The number of hydrogen-bond acceptors (Lipinski definition) is 2. The minimum Gasteiger partial charge on any atom is -0.311 e. The SMILES string of the molecule is CCC1(CC)c2ccccc2-c2c(N(c3ccccc3)c3ccc(C(C)(C)c4ccc(N(c5ccccc5)c5ccccc5)cc4)cc3)cccc21. The Hall–Kier alpha value is -5.86. The van der Waals surface area contributed by atoms with Gasteiger partial charge in [-0.25, -0.2) is 0 Å². The summed E-state index contributed by atoms with van der Waals surface area (Å²) in [7, 11) is 0. The molecule has 0 bridgehead atoms. The summed E-state index contributed by atoms with van der Waals surface area (Å²) in [6.07, 6.45) is 2.15. The van der Waals surface area contributed by atoms with Gasteiger partial charge in [0.25, 0.3) is 0 Å². The Morgan fingerprint density at radius 2 is 0.808 bits per heavy atom. The summed E-state index contributed by atoms with van der Waals surface area (Å²) in [6, 6.07) is 66.3. The van der Waals surface area contributed by atoms with Crippen LogP contribution >= 0.6 is 0 Å². The van der Waals surface area contributed by atoms with Gasteiger partial charge in [0.05, 0.1) is 5.69 Å². The number of benzene rings is 7. The fraction of sp³-hybridized carbons (Fsp3) is 0.160. The monoisotopic (exact) mass is 674 g/mol. The quantitative estimate of drug-likeness (QED) is 0.142. The summed E-state index contributed by atoms with van der Waals surface area (Å²) in [6.45, 7) is 9.34. The Kier molecular flexibility index (Phi) is 8.77. The predicted octanol–water partition coefficient (Wildman–Crippen LogP) is 14.0. The molecule has 2 nitrogen and oxygen atoms in total. The first-order chi connectivity index (χ1) is 25.5. The van der Waals surface area contributed by atoms with E-state index in [0.29, 0.717) is 0 Å². The second-order valence-electron chi connectivity index (χ2n) is 14.4. The molecule has 0 saturated heterocycles. The lowest BCUT2D eigenvalue weighted by molar-refractivity contribution is 0.490. The maximum absolute atomic E-state index is 2.45. The molecule has 0 aliphatic heterocycles. The summed E-state index contributed by atoms with van der Waals surface area (Å²) in [5.74, 6) is 0. The van der Waals surface area contributed by atoms with Gasteiger partial charge in [0.2, 0.25) is 0 Å². The Morgan fingerprint density at radius 3 is 1.31 bits per heavy atom. The third-order valence-electron chi connectivity index (χ3n) is 11.5. The van der Waals surface area contributed by atoms with E-state index < -0.39 is 0 Å². The highest BCUT2D eigenvalue weighted by molar-refractivity contribution is 5.95. The zero-order chi connectivity index (χ0) is 35.7. The molecule has 1 aliphatic rings. The Bertz CT molecular complexity index is 2230. The van der Waals surface area contributed by atoms with E-state index in [1.165, 1.54) is 39.1 Å². The second kappa shape index (κ2) is 13.7. The van der Waals surface area contributed by atoms with Gasteiger partial charge in [0.1, 0.15) is 0 Å². The molecular weight excluding hydrogens is 629 g/mol. The third-order valence-corrected chi connectivity index (χ3v) is 11.5. The van der Waals surface area contributed by atoms with Crippen molar-refractivity contribution in [3.05, 3.63) is 204 Å². The first-order valence-corrected chi connectivity index (χ1v) is 18.7. The van der Waals surface area contributed by atoms with Gasteiger partial charge < -0.3 is 9.80 Å². The number of hydrogen-bond donors (Lipinski definition) is 0. The van der Waals surface area contributed by atoms with Gasteiger partial charge in [0.15, 0.2) is 0 Å². The predicted molar refractivity (Wildman–Crippen MR) is 221 cm³/mol. The molecule has 7 aromatic rings. The molecule has 0 N–H and O–H groups in total. The molecule has 0 aromatic heterocycles. The maximum atomic E-state index is 2.45. The number of nitrogens with zero attached hydrogens (tertiary/aromatic N) is 2. The molecule has 0 radical (unpaired) electrons. The van der Waals surface area contributed by atoms with Crippen LogP contribution in [0.5, 0.6) is 0 Å². The van der Waals surface area contributed by atoms with Crippen molar-refractivity contribution in [1.29, 1.82) is 0 Å². The van der Waals surface area contributed by atoms with Gasteiger partial charge >= 0.3 is 0 Å². The smallest absolute Gasteiger partial charge is 0.0543 e. The van der Waals surface area contributed by atoms with E-state index in [1.807, 2.05) is 0 Å². The number of rotatable bonds is 10. The van der Waals surface area contributed by atoms with E-state index >= 15 is 0 Å². The van der Waals surface area contributed by atoms with Gasteiger partial charge in [-0.15, -0.1) is 0 Å². The van der Waals surface area contributed by atoms with Crippen molar-refractivity contribution in [1.82, 2.24) is 0 Å². The topological polar surface area (TPSA) is 6.48 Å². The van der Waals surface area contributed by atoms with Crippen molar-refractivity contribution >= 4 is 34.1 Å². The molecule has 256 valence electrons. The number of para-hydroxylation sites is 3. The lowest BCUT2D eigenvalue weighted by Gasteiger charge is -2.32. The highest BCUT2D eigenvalue weighted by Gasteiger charge is 2.42. The van der Waals surface area contributed by atoms with Crippen molar-refractivity contribution in [2.24, 2.45) is 0 Å². The molecule has 2 heteroatoms. The molecule has 0 atom stereocenters. The maximum Gasteiger partial charge on any atom is 0.0543 e. The average molecular weight is 675 g/mol. The lowest BCUT2D eigenvalue weighted by atomic mass is 9.74. The van der Waals surface area contributed by atoms with Crippen LogP contribution in [0.15, 0.2) is 182 Å². The van der Waals surface area contributed by atoms with Crippen LogP contribution in [0.1, 0.15) is 62.8 Å². The van der Waals surface area contributed by atoms with E-state index in [2.05, 4.69) is 219 Å².